The van der Waals surface area contributed by atoms with Crippen molar-refractivity contribution in [3.8, 4) is 0 Å². The third-order valence-corrected chi connectivity index (χ3v) is 5.01. The first-order valence-corrected chi connectivity index (χ1v) is 9.19. The van der Waals surface area contributed by atoms with Crippen molar-refractivity contribution in [1.82, 2.24) is 0 Å². The molecule has 0 aliphatic carbocycles. The molecular weight excluding hydrogens is 330 g/mol. The maximum absolute atomic E-state index is 11.6. The molecular formula is C13H15NO6S2. The van der Waals surface area contributed by atoms with Gasteiger partial charge in [0.2, 0.25) is 0 Å². The Bertz CT molecular complexity index is 948. The summed E-state index contributed by atoms with van der Waals surface area (Å²) in [6.07, 6.45) is 0.641. The zero-order chi connectivity index (χ0) is 16.7. The van der Waals surface area contributed by atoms with Crippen LogP contribution in [0.4, 0.5) is 5.69 Å². The van der Waals surface area contributed by atoms with Gasteiger partial charge in [-0.2, -0.15) is 16.8 Å². The molecule has 0 aliphatic rings. The number of aryl methyl sites for hydroxylation is 1. The molecule has 0 heterocycles. The van der Waals surface area contributed by atoms with Crippen molar-refractivity contribution in [2.24, 2.45) is 0 Å². The zero-order valence-corrected chi connectivity index (χ0v) is 13.5. The first kappa shape index (κ1) is 16.7. The normalized spacial score (nSPS) is 12.5. The molecule has 2 aromatic rings. The van der Waals surface area contributed by atoms with E-state index < -0.39 is 30.0 Å². The first-order valence-electron chi connectivity index (χ1n) is 6.31. The molecule has 7 nitrogen and oxygen atoms in total. The highest BCUT2D eigenvalue weighted by Crippen LogP contribution is 2.34. The van der Waals surface area contributed by atoms with Gasteiger partial charge in [0.25, 0.3) is 20.2 Å². The summed E-state index contributed by atoms with van der Waals surface area (Å²) in [6.45, 7) is 1.89. The zero-order valence-electron chi connectivity index (χ0n) is 11.9. The van der Waals surface area contributed by atoms with Gasteiger partial charge in [0.15, 0.2) is 0 Å². The molecule has 0 saturated heterocycles. The molecule has 3 N–H and O–H groups in total. The quantitative estimate of drug-likeness (QED) is 0.724. The lowest BCUT2D eigenvalue weighted by molar-refractivity contribution is 0.482. The lowest BCUT2D eigenvalue weighted by atomic mass is 10.0. The fraction of sp³-hybridized carbons (Fsp3) is 0.231. The van der Waals surface area contributed by atoms with E-state index in [0.717, 1.165) is 11.6 Å². The molecule has 0 saturated carbocycles. The molecule has 0 unspecified atom stereocenters. The maximum atomic E-state index is 11.6. The Kier molecular flexibility index (Phi) is 4.18. The van der Waals surface area contributed by atoms with E-state index in [1.807, 2.05) is 6.92 Å². The summed E-state index contributed by atoms with van der Waals surface area (Å²) in [4.78, 5) is -1.17. The molecule has 0 aliphatic heterocycles. The molecule has 0 spiro atoms. The number of rotatable bonds is 4. The minimum Gasteiger partial charge on any atom is -0.388 e. The van der Waals surface area contributed by atoms with Crippen LogP contribution < -0.4 is 5.32 Å². The predicted octanol–water partition coefficient (Wildman–Crippen LogP) is 1.94. The molecule has 120 valence electrons. The summed E-state index contributed by atoms with van der Waals surface area (Å²) in [5.41, 5.74) is 1.27. The van der Waals surface area contributed by atoms with Crippen LogP contribution in [0, 0.1) is 0 Å². The van der Waals surface area contributed by atoms with Crippen LogP contribution in [0.3, 0.4) is 0 Å². The topological polar surface area (TPSA) is 121 Å². The van der Waals surface area contributed by atoms with Crippen molar-refractivity contribution >= 4 is 36.7 Å². The van der Waals surface area contributed by atoms with Crippen LogP contribution in [0.5, 0.6) is 0 Å². The van der Waals surface area contributed by atoms with Crippen molar-refractivity contribution in [3.05, 3.63) is 29.8 Å². The molecule has 9 heteroatoms. The largest absolute Gasteiger partial charge is 0.388 e. The lowest BCUT2D eigenvalue weighted by Gasteiger charge is -2.13. The summed E-state index contributed by atoms with van der Waals surface area (Å²) in [7, 11) is -7.71. The smallest absolute Gasteiger partial charge is 0.295 e. The van der Waals surface area contributed by atoms with E-state index in [9.17, 15) is 25.9 Å². The lowest BCUT2D eigenvalue weighted by Crippen LogP contribution is -2.06. The van der Waals surface area contributed by atoms with Crippen LogP contribution in [0.1, 0.15) is 12.5 Å². The van der Waals surface area contributed by atoms with Crippen LogP contribution in [0.15, 0.2) is 34.1 Å². The number of hydrogen-bond acceptors (Lipinski definition) is 5. The fourth-order valence-corrected chi connectivity index (χ4v) is 3.64. The number of nitrogens with one attached hydrogen (secondary N) is 1. The summed E-state index contributed by atoms with van der Waals surface area (Å²) in [5, 5.41) is 3.27. The highest BCUT2D eigenvalue weighted by molar-refractivity contribution is 7.86. The molecule has 0 aromatic heterocycles. The summed E-state index contributed by atoms with van der Waals surface area (Å²) in [5.74, 6) is 0. The highest BCUT2D eigenvalue weighted by Gasteiger charge is 2.22. The van der Waals surface area contributed by atoms with Crippen molar-refractivity contribution in [2.75, 3.05) is 12.4 Å². The van der Waals surface area contributed by atoms with Crippen molar-refractivity contribution in [2.45, 2.75) is 23.1 Å². The molecule has 0 bridgehead atoms. The van der Waals surface area contributed by atoms with Gasteiger partial charge in [-0.05, 0) is 35.6 Å². The number of fused-ring (bicyclic) bond motifs is 1. The second-order valence-electron chi connectivity index (χ2n) is 4.72. The standard InChI is InChI=1S/C13H15NO6S2/c1-3-8-4-9-6-10(21(15,16)17)7-12(22(18,19)20)13(9)11(5-8)14-2/h4-7,14H,3H2,1-2H3,(H,15,16,17)(H,18,19,20). The minimum absolute atomic E-state index is 0.162. The first-order chi connectivity index (χ1) is 10.1. The Labute approximate surface area is 128 Å². The van der Waals surface area contributed by atoms with E-state index >= 15 is 0 Å². The Morgan fingerprint density at radius 1 is 1.00 bits per heavy atom. The van der Waals surface area contributed by atoms with E-state index in [1.165, 1.54) is 6.07 Å². The van der Waals surface area contributed by atoms with Crippen LogP contribution in [0.2, 0.25) is 0 Å². The number of anilines is 1. The van der Waals surface area contributed by atoms with Gasteiger partial charge in [-0.1, -0.05) is 13.0 Å². The molecule has 22 heavy (non-hydrogen) atoms. The van der Waals surface area contributed by atoms with Crippen LogP contribution in [-0.4, -0.2) is 33.0 Å². The predicted molar refractivity (Wildman–Crippen MR) is 82.5 cm³/mol. The van der Waals surface area contributed by atoms with E-state index in [0.29, 0.717) is 12.1 Å². The Hall–Kier alpha value is -1.68. The van der Waals surface area contributed by atoms with Gasteiger partial charge in [0, 0.05) is 18.1 Å². The van der Waals surface area contributed by atoms with Gasteiger partial charge >= 0.3 is 0 Å². The second-order valence-corrected chi connectivity index (χ2v) is 7.53. The Morgan fingerprint density at radius 3 is 2.09 bits per heavy atom. The summed E-state index contributed by atoms with van der Waals surface area (Å²) in [6, 6.07) is 5.22. The SMILES string of the molecule is CCc1cc(NC)c2c(S(=O)(=O)O)cc(S(=O)(=O)O)cc2c1. The average Bonchev–Trinajstić information content (AvgIpc) is 2.42. The summed E-state index contributed by atoms with van der Waals surface area (Å²) < 4.78 is 64.4. The molecule has 0 fully saturated rings. The summed E-state index contributed by atoms with van der Waals surface area (Å²) >= 11 is 0. The maximum Gasteiger partial charge on any atom is 0.295 e. The van der Waals surface area contributed by atoms with Crippen LogP contribution >= 0.6 is 0 Å². The van der Waals surface area contributed by atoms with Crippen molar-refractivity contribution in [1.29, 1.82) is 0 Å². The minimum atomic E-state index is -4.68. The highest BCUT2D eigenvalue weighted by atomic mass is 32.2. The van der Waals surface area contributed by atoms with E-state index in [2.05, 4.69) is 5.32 Å². The second kappa shape index (κ2) is 5.51. The Balaban J connectivity index is 3.07. The number of benzene rings is 2. The van der Waals surface area contributed by atoms with Gasteiger partial charge in [0.05, 0.1) is 4.90 Å². The molecule has 2 aromatic carbocycles. The van der Waals surface area contributed by atoms with Gasteiger partial charge < -0.3 is 5.32 Å². The van der Waals surface area contributed by atoms with Gasteiger partial charge in [-0.3, -0.25) is 9.11 Å². The molecule has 0 amide bonds. The third-order valence-electron chi connectivity index (χ3n) is 3.30. The average molecular weight is 345 g/mol. The van der Waals surface area contributed by atoms with E-state index in [1.54, 1.807) is 19.2 Å². The van der Waals surface area contributed by atoms with Crippen LogP contribution in [0.25, 0.3) is 10.8 Å². The number of hydrogen-bond donors (Lipinski definition) is 3. The van der Waals surface area contributed by atoms with Gasteiger partial charge in [0.1, 0.15) is 4.90 Å². The fourth-order valence-electron chi connectivity index (χ4n) is 2.27. The molecule has 0 radical (unpaired) electrons. The third kappa shape index (κ3) is 3.07. The molecule has 0 atom stereocenters. The van der Waals surface area contributed by atoms with Crippen molar-refractivity contribution in [3.63, 3.8) is 0 Å². The molecule has 2 rings (SSSR count). The van der Waals surface area contributed by atoms with Gasteiger partial charge in [-0.25, -0.2) is 0 Å². The van der Waals surface area contributed by atoms with Crippen molar-refractivity contribution < 1.29 is 25.9 Å². The van der Waals surface area contributed by atoms with Gasteiger partial charge in [-0.15, -0.1) is 0 Å². The van der Waals surface area contributed by atoms with E-state index in [-0.39, 0.29) is 10.8 Å². The monoisotopic (exact) mass is 345 g/mol. The van der Waals surface area contributed by atoms with Crippen LogP contribution in [-0.2, 0) is 26.7 Å². The van der Waals surface area contributed by atoms with E-state index in [4.69, 9.17) is 0 Å². The Morgan fingerprint density at radius 2 is 1.64 bits per heavy atom.